The van der Waals surface area contributed by atoms with Gasteiger partial charge in [-0.05, 0) is 46.7 Å². The molecule has 21 heavy (non-hydrogen) atoms. The normalized spacial score (nSPS) is 10.9. The Morgan fingerprint density at radius 3 is 2.05 bits per heavy atom. The molecule has 0 fully saturated rings. The van der Waals surface area contributed by atoms with Crippen LogP contribution in [0.5, 0.6) is 5.75 Å². The van der Waals surface area contributed by atoms with Gasteiger partial charge < -0.3 is 5.11 Å². The summed E-state index contributed by atoms with van der Waals surface area (Å²) >= 11 is 0. The number of hydrogen-bond donors (Lipinski definition) is 1. The first-order valence-corrected chi connectivity index (χ1v) is 7.31. The highest BCUT2D eigenvalue weighted by molar-refractivity contribution is 5.75. The average molecular weight is 279 g/mol. The number of nitriles is 1. The van der Waals surface area contributed by atoms with E-state index in [1.165, 1.54) is 0 Å². The number of aromatic hydroxyl groups is 1. The van der Waals surface area contributed by atoms with Crippen molar-refractivity contribution in [1.29, 1.82) is 5.26 Å². The smallest absolute Gasteiger partial charge is 0.123 e. The molecule has 0 bridgehead atoms. The molecular weight excluding hydrogens is 258 g/mol. The van der Waals surface area contributed by atoms with Crippen LogP contribution in [-0.2, 0) is 0 Å². The van der Waals surface area contributed by atoms with Crippen LogP contribution in [0.1, 0.15) is 56.2 Å². The Morgan fingerprint density at radius 2 is 1.57 bits per heavy atom. The van der Waals surface area contributed by atoms with Gasteiger partial charge in [-0.15, -0.1) is 0 Å². The SMILES string of the molecule is CC(C)c1cc(O)c(-c2ccc(C#N)cc2)c(C(C)C)c1. The highest BCUT2D eigenvalue weighted by atomic mass is 16.3. The summed E-state index contributed by atoms with van der Waals surface area (Å²) in [6, 6.07) is 13.5. The Hall–Kier alpha value is -2.27. The molecule has 0 unspecified atom stereocenters. The molecule has 2 nitrogen and oxygen atoms in total. The van der Waals surface area contributed by atoms with Gasteiger partial charge in [0.1, 0.15) is 5.75 Å². The maximum absolute atomic E-state index is 10.5. The molecule has 0 heterocycles. The lowest BCUT2D eigenvalue weighted by Crippen LogP contribution is -1.97. The van der Waals surface area contributed by atoms with Crippen molar-refractivity contribution in [3.8, 4) is 22.9 Å². The lowest BCUT2D eigenvalue weighted by atomic mass is 9.87. The van der Waals surface area contributed by atoms with Gasteiger partial charge in [0, 0.05) is 5.56 Å². The molecule has 0 saturated carbocycles. The predicted octanol–water partition coefficient (Wildman–Crippen LogP) is 5.18. The minimum Gasteiger partial charge on any atom is -0.507 e. The molecule has 0 saturated heterocycles. The third kappa shape index (κ3) is 3.08. The number of rotatable bonds is 3. The van der Waals surface area contributed by atoms with Gasteiger partial charge in [0.25, 0.3) is 0 Å². The molecule has 0 aliphatic carbocycles. The molecular formula is C19H21NO. The summed E-state index contributed by atoms with van der Waals surface area (Å²) in [7, 11) is 0. The first-order chi connectivity index (χ1) is 9.93. The summed E-state index contributed by atoms with van der Waals surface area (Å²) < 4.78 is 0. The summed E-state index contributed by atoms with van der Waals surface area (Å²) in [6.45, 7) is 8.51. The van der Waals surface area contributed by atoms with Crippen LogP contribution >= 0.6 is 0 Å². The summed E-state index contributed by atoms with van der Waals surface area (Å²) in [5, 5.41) is 19.4. The monoisotopic (exact) mass is 279 g/mol. The van der Waals surface area contributed by atoms with E-state index in [0.717, 1.165) is 22.3 Å². The molecule has 2 aromatic rings. The van der Waals surface area contributed by atoms with Crippen molar-refractivity contribution < 1.29 is 5.11 Å². The van der Waals surface area contributed by atoms with Gasteiger partial charge in [-0.25, -0.2) is 0 Å². The Bertz CT molecular complexity index is 676. The minimum absolute atomic E-state index is 0.314. The van der Waals surface area contributed by atoms with E-state index in [4.69, 9.17) is 5.26 Å². The van der Waals surface area contributed by atoms with E-state index in [-0.39, 0.29) is 0 Å². The van der Waals surface area contributed by atoms with E-state index >= 15 is 0 Å². The second-order valence-corrected chi connectivity index (χ2v) is 6.00. The number of phenolic OH excluding ortho intramolecular Hbond substituents is 1. The predicted molar refractivity (Wildman–Crippen MR) is 86.4 cm³/mol. The molecule has 2 aromatic carbocycles. The van der Waals surface area contributed by atoms with E-state index in [0.29, 0.717) is 23.1 Å². The third-order valence-electron chi connectivity index (χ3n) is 3.76. The van der Waals surface area contributed by atoms with Crippen LogP contribution in [-0.4, -0.2) is 5.11 Å². The Kier molecular flexibility index (Phi) is 4.33. The fourth-order valence-corrected chi connectivity index (χ4v) is 2.49. The molecule has 108 valence electrons. The highest BCUT2D eigenvalue weighted by Gasteiger charge is 2.16. The molecule has 0 radical (unpaired) electrons. The summed E-state index contributed by atoms with van der Waals surface area (Å²) in [5.41, 5.74) is 4.74. The van der Waals surface area contributed by atoms with Gasteiger partial charge in [-0.3, -0.25) is 0 Å². The average Bonchev–Trinajstić information content (AvgIpc) is 2.46. The number of nitrogens with zero attached hydrogens (tertiary/aromatic N) is 1. The zero-order valence-corrected chi connectivity index (χ0v) is 13.0. The Balaban J connectivity index is 2.63. The van der Waals surface area contributed by atoms with Crippen molar-refractivity contribution in [1.82, 2.24) is 0 Å². The zero-order valence-electron chi connectivity index (χ0n) is 13.0. The maximum atomic E-state index is 10.5. The quantitative estimate of drug-likeness (QED) is 0.841. The van der Waals surface area contributed by atoms with Crippen LogP contribution in [0.25, 0.3) is 11.1 Å². The van der Waals surface area contributed by atoms with Crippen molar-refractivity contribution in [3.05, 3.63) is 53.1 Å². The van der Waals surface area contributed by atoms with Gasteiger partial charge in [0.2, 0.25) is 0 Å². The van der Waals surface area contributed by atoms with Crippen molar-refractivity contribution in [2.75, 3.05) is 0 Å². The van der Waals surface area contributed by atoms with E-state index in [2.05, 4.69) is 39.8 Å². The fraction of sp³-hybridized carbons (Fsp3) is 0.316. The first kappa shape index (κ1) is 15.1. The number of hydrogen-bond acceptors (Lipinski definition) is 2. The van der Waals surface area contributed by atoms with Crippen molar-refractivity contribution >= 4 is 0 Å². The van der Waals surface area contributed by atoms with Gasteiger partial charge in [0.15, 0.2) is 0 Å². The van der Waals surface area contributed by atoms with Crippen molar-refractivity contribution in [3.63, 3.8) is 0 Å². The molecule has 2 heteroatoms. The summed E-state index contributed by atoms with van der Waals surface area (Å²) in [5.74, 6) is 1.01. The molecule has 1 N–H and O–H groups in total. The van der Waals surface area contributed by atoms with Crippen LogP contribution in [0.2, 0.25) is 0 Å². The second-order valence-electron chi connectivity index (χ2n) is 6.00. The van der Waals surface area contributed by atoms with Gasteiger partial charge in [0.05, 0.1) is 11.6 Å². The molecule has 0 amide bonds. The second kappa shape index (κ2) is 6.01. The van der Waals surface area contributed by atoms with Crippen LogP contribution in [0.15, 0.2) is 36.4 Å². The molecule has 0 atom stereocenters. The molecule has 0 aliphatic rings. The van der Waals surface area contributed by atoms with E-state index in [1.807, 2.05) is 18.2 Å². The zero-order chi connectivity index (χ0) is 15.6. The summed E-state index contributed by atoms with van der Waals surface area (Å²) in [4.78, 5) is 0. The van der Waals surface area contributed by atoms with Gasteiger partial charge >= 0.3 is 0 Å². The van der Waals surface area contributed by atoms with Gasteiger partial charge in [-0.2, -0.15) is 5.26 Å². The van der Waals surface area contributed by atoms with Crippen molar-refractivity contribution in [2.24, 2.45) is 0 Å². The Labute approximate surface area is 126 Å². The fourth-order valence-electron chi connectivity index (χ4n) is 2.49. The molecule has 0 aliphatic heterocycles. The molecule has 0 aromatic heterocycles. The van der Waals surface area contributed by atoms with E-state index in [1.54, 1.807) is 12.1 Å². The van der Waals surface area contributed by atoms with Crippen LogP contribution in [0.3, 0.4) is 0 Å². The van der Waals surface area contributed by atoms with E-state index in [9.17, 15) is 5.11 Å². The van der Waals surface area contributed by atoms with Crippen LogP contribution < -0.4 is 0 Å². The lowest BCUT2D eigenvalue weighted by Gasteiger charge is -2.18. The third-order valence-corrected chi connectivity index (χ3v) is 3.76. The summed E-state index contributed by atoms with van der Waals surface area (Å²) in [6.07, 6.45) is 0. The largest absolute Gasteiger partial charge is 0.507 e. The van der Waals surface area contributed by atoms with Gasteiger partial charge in [-0.1, -0.05) is 45.9 Å². The maximum Gasteiger partial charge on any atom is 0.123 e. The number of benzene rings is 2. The molecule has 2 rings (SSSR count). The van der Waals surface area contributed by atoms with Crippen molar-refractivity contribution in [2.45, 2.75) is 39.5 Å². The van der Waals surface area contributed by atoms with Crippen LogP contribution in [0.4, 0.5) is 0 Å². The standard InChI is InChI=1S/C19H21NO/c1-12(2)16-9-17(13(3)4)19(18(21)10-16)15-7-5-14(11-20)6-8-15/h5-10,12-13,21H,1-4H3. The van der Waals surface area contributed by atoms with E-state index < -0.39 is 0 Å². The number of phenols is 1. The van der Waals surface area contributed by atoms with Crippen LogP contribution in [0, 0.1) is 11.3 Å². The topological polar surface area (TPSA) is 44.0 Å². The first-order valence-electron chi connectivity index (χ1n) is 7.31. The lowest BCUT2D eigenvalue weighted by molar-refractivity contribution is 0.475. The highest BCUT2D eigenvalue weighted by Crippen LogP contribution is 2.39. The Morgan fingerprint density at radius 1 is 0.952 bits per heavy atom. The molecule has 0 spiro atoms. The minimum atomic E-state index is 0.314.